The van der Waals surface area contributed by atoms with Gasteiger partial charge in [-0.1, -0.05) is 13.8 Å². The average Bonchev–Trinajstić information content (AvgIpc) is 2.50. The van der Waals surface area contributed by atoms with Crippen molar-refractivity contribution in [2.24, 2.45) is 11.7 Å². The molecule has 0 bridgehead atoms. The Kier molecular flexibility index (Phi) is 7.39. The van der Waals surface area contributed by atoms with Crippen LogP contribution in [0.25, 0.3) is 0 Å². The minimum absolute atomic E-state index is 0.0687. The first-order valence-electron chi connectivity index (χ1n) is 7.62. The molecule has 0 radical (unpaired) electrons. The van der Waals surface area contributed by atoms with Crippen LogP contribution >= 0.6 is 0 Å². The molecule has 6 nitrogen and oxygen atoms in total. The SMILES string of the molecule is CC(C)CC(CN)NS(=O)(=O)c1ccc(C(=O)NCC(F)(F)F)cc1. The maximum atomic E-state index is 12.3. The summed E-state index contributed by atoms with van der Waals surface area (Å²) >= 11 is 0. The third-order valence-electron chi connectivity index (χ3n) is 3.24. The molecule has 1 aromatic rings. The molecule has 0 aliphatic carbocycles. The molecule has 0 heterocycles. The lowest BCUT2D eigenvalue weighted by Gasteiger charge is -2.19. The number of sulfonamides is 1. The van der Waals surface area contributed by atoms with Gasteiger partial charge in [0.1, 0.15) is 6.54 Å². The maximum Gasteiger partial charge on any atom is 0.405 e. The van der Waals surface area contributed by atoms with Gasteiger partial charge in [-0.15, -0.1) is 0 Å². The van der Waals surface area contributed by atoms with Gasteiger partial charge in [-0.3, -0.25) is 4.79 Å². The van der Waals surface area contributed by atoms with E-state index in [-0.39, 0.29) is 22.9 Å². The lowest BCUT2D eigenvalue weighted by atomic mass is 10.1. The van der Waals surface area contributed by atoms with Crippen LogP contribution in [0.5, 0.6) is 0 Å². The predicted molar refractivity (Wildman–Crippen MR) is 87.4 cm³/mol. The van der Waals surface area contributed by atoms with Crippen LogP contribution in [0.1, 0.15) is 30.6 Å². The van der Waals surface area contributed by atoms with Gasteiger partial charge in [-0.05, 0) is 36.6 Å². The third kappa shape index (κ3) is 7.41. The number of nitrogens with one attached hydrogen (secondary N) is 2. The van der Waals surface area contributed by atoms with Crippen LogP contribution in [0.2, 0.25) is 0 Å². The Morgan fingerprint density at radius 2 is 1.76 bits per heavy atom. The van der Waals surface area contributed by atoms with E-state index in [0.717, 1.165) is 24.3 Å². The van der Waals surface area contributed by atoms with Crippen LogP contribution < -0.4 is 15.8 Å². The predicted octanol–water partition coefficient (Wildman–Crippen LogP) is 1.63. The summed E-state index contributed by atoms with van der Waals surface area (Å²) in [5.74, 6) is -0.690. The monoisotopic (exact) mass is 381 g/mol. The molecule has 10 heteroatoms. The van der Waals surface area contributed by atoms with Crippen LogP contribution in [-0.4, -0.2) is 39.6 Å². The molecule has 1 unspecified atom stereocenters. The highest BCUT2D eigenvalue weighted by atomic mass is 32.2. The summed E-state index contributed by atoms with van der Waals surface area (Å²) in [4.78, 5) is 11.5. The van der Waals surface area contributed by atoms with Gasteiger partial charge in [0.25, 0.3) is 5.91 Å². The number of rotatable bonds is 8. The Hall–Kier alpha value is -1.65. The van der Waals surface area contributed by atoms with Crippen molar-refractivity contribution in [1.82, 2.24) is 10.0 Å². The van der Waals surface area contributed by atoms with E-state index in [1.165, 1.54) is 0 Å². The Morgan fingerprint density at radius 3 is 2.20 bits per heavy atom. The van der Waals surface area contributed by atoms with Crippen molar-refractivity contribution < 1.29 is 26.4 Å². The largest absolute Gasteiger partial charge is 0.405 e. The first kappa shape index (κ1) is 21.4. The van der Waals surface area contributed by atoms with Crippen molar-refractivity contribution in [2.45, 2.75) is 37.4 Å². The number of hydrogen-bond donors (Lipinski definition) is 3. The van der Waals surface area contributed by atoms with E-state index in [2.05, 4.69) is 4.72 Å². The fourth-order valence-electron chi connectivity index (χ4n) is 2.12. The molecule has 0 aliphatic rings. The summed E-state index contributed by atoms with van der Waals surface area (Å²) in [6.45, 7) is 2.55. The summed E-state index contributed by atoms with van der Waals surface area (Å²) in [7, 11) is -3.84. The van der Waals surface area contributed by atoms with Crippen LogP contribution in [0, 0.1) is 5.92 Å². The number of carbonyl (C=O) groups is 1. The highest BCUT2D eigenvalue weighted by Crippen LogP contribution is 2.15. The highest BCUT2D eigenvalue weighted by molar-refractivity contribution is 7.89. The molecule has 4 N–H and O–H groups in total. The van der Waals surface area contributed by atoms with Crippen LogP contribution in [0.3, 0.4) is 0 Å². The number of amides is 1. The van der Waals surface area contributed by atoms with Crippen molar-refractivity contribution in [1.29, 1.82) is 0 Å². The van der Waals surface area contributed by atoms with Gasteiger partial charge in [0.15, 0.2) is 0 Å². The molecule has 1 amide bonds. The average molecular weight is 381 g/mol. The summed E-state index contributed by atoms with van der Waals surface area (Å²) in [5.41, 5.74) is 5.50. The molecule has 0 aromatic heterocycles. The van der Waals surface area contributed by atoms with Crippen molar-refractivity contribution in [2.75, 3.05) is 13.1 Å². The second kappa shape index (κ2) is 8.63. The van der Waals surface area contributed by atoms with E-state index in [1.807, 2.05) is 13.8 Å². The molecular formula is C15H22F3N3O3S. The zero-order chi connectivity index (χ0) is 19.3. The van der Waals surface area contributed by atoms with E-state index in [9.17, 15) is 26.4 Å². The molecule has 0 fully saturated rings. The molecule has 1 rings (SSSR count). The Morgan fingerprint density at radius 1 is 1.20 bits per heavy atom. The molecule has 1 aromatic carbocycles. The van der Waals surface area contributed by atoms with E-state index < -0.39 is 34.7 Å². The second-order valence-electron chi connectivity index (χ2n) is 6.01. The Bertz CT molecular complexity index is 674. The fraction of sp³-hybridized carbons (Fsp3) is 0.533. The minimum atomic E-state index is -4.52. The molecular weight excluding hydrogens is 359 g/mol. The molecule has 0 spiro atoms. The van der Waals surface area contributed by atoms with Gasteiger partial charge < -0.3 is 11.1 Å². The molecule has 142 valence electrons. The van der Waals surface area contributed by atoms with Gasteiger partial charge in [0.2, 0.25) is 10.0 Å². The minimum Gasteiger partial charge on any atom is -0.343 e. The summed E-state index contributed by atoms with van der Waals surface area (Å²) in [6, 6.07) is 4.20. The van der Waals surface area contributed by atoms with Gasteiger partial charge in [-0.2, -0.15) is 13.2 Å². The van der Waals surface area contributed by atoms with Gasteiger partial charge in [0, 0.05) is 18.2 Å². The molecule has 25 heavy (non-hydrogen) atoms. The smallest absolute Gasteiger partial charge is 0.343 e. The fourth-order valence-corrected chi connectivity index (χ4v) is 3.38. The molecule has 0 saturated carbocycles. The van der Waals surface area contributed by atoms with Gasteiger partial charge in [0.05, 0.1) is 4.90 Å². The lowest BCUT2D eigenvalue weighted by Crippen LogP contribution is -2.41. The summed E-state index contributed by atoms with van der Waals surface area (Å²) in [6.07, 6.45) is -3.95. The molecule has 0 saturated heterocycles. The van der Waals surface area contributed by atoms with Crippen LogP contribution in [-0.2, 0) is 10.0 Å². The van der Waals surface area contributed by atoms with Crippen molar-refractivity contribution in [3.05, 3.63) is 29.8 Å². The molecule has 1 atom stereocenters. The number of carbonyl (C=O) groups excluding carboxylic acids is 1. The number of halogens is 3. The van der Waals surface area contributed by atoms with E-state index >= 15 is 0 Å². The Balaban J connectivity index is 2.81. The van der Waals surface area contributed by atoms with Crippen molar-refractivity contribution in [3.63, 3.8) is 0 Å². The van der Waals surface area contributed by atoms with Gasteiger partial charge >= 0.3 is 6.18 Å². The summed E-state index contributed by atoms with van der Waals surface area (Å²) < 4.78 is 63.3. The maximum absolute atomic E-state index is 12.3. The number of alkyl halides is 3. The lowest BCUT2D eigenvalue weighted by molar-refractivity contribution is -0.123. The van der Waals surface area contributed by atoms with E-state index in [1.54, 1.807) is 5.32 Å². The van der Waals surface area contributed by atoms with Crippen molar-refractivity contribution >= 4 is 15.9 Å². The van der Waals surface area contributed by atoms with E-state index in [4.69, 9.17) is 5.73 Å². The normalized spacial score (nSPS) is 13.7. The molecule has 0 aliphatic heterocycles. The topological polar surface area (TPSA) is 101 Å². The summed E-state index contributed by atoms with van der Waals surface area (Å²) in [5, 5.41) is 1.71. The quantitative estimate of drug-likeness (QED) is 0.637. The number of hydrogen-bond acceptors (Lipinski definition) is 4. The first-order valence-corrected chi connectivity index (χ1v) is 9.10. The van der Waals surface area contributed by atoms with Crippen molar-refractivity contribution in [3.8, 4) is 0 Å². The number of benzene rings is 1. The first-order chi connectivity index (χ1) is 11.4. The second-order valence-corrected chi connectivity index (χ2v) is 7.72. The zero-order valence-electron chi connectivity index (χ0n) is 13.9. The third-order valence-corrected chi connectivity index (χ3v) is 4.77. The van der Waals surface area contributed by atoms with E-state index in [0.29, 0.717) is 6.42 Å². The van der Waals surface area contributed by atoms with Gasteiger partial charge in [-0.25, -0.2) is 13.1 Å². The highest BCUT2D eigenvalue weighted by Gasteiger charge is 2.28. The standard InChI is InChI=1S/C15H22F3N3O3S/c1-10(2)7-12(8-19)21-25(23,24)13-5-3-11(4-6-13)14(22)20-9-15(16,17)18/h3-6,10,12,21H,7-9,19H2,1-2H3,(H,20,22). The van der Waals surface area contributed by atoms with Crippen LogP contribution in [0.4, 0.5) is 13.2 Å². The zero-order valence-corrected chi connectivity index (χ0v) is 14.7. The number of nitrogens with two attached hydrogens (primary N) is 1. The van der Waals surface area contributed by atoms with Crippen LogP contribution in [0.15, 0.2) is 29.2 Å². The Labute approximate surface area is 145 Å².